The van der Waals surface area contributed by atoms with Crippen LogP contribution >= 0.6 is 0 Å². The molecule has 0 fully saturated rings. The van der Waals surface area contributed by atoms with Crippen LogP contribution in [-0.2, 0) is 11.3 Å². The predicted octanol–water partition coefficient (Wildman–Crippen LogP) is 4.45. The lowest BCUT2D eigenvalue weighted by Crippen LogP contribution is -2.34. The summed E-state index contributed by atoms with van der Waals surface area (Å²) in [6, 6.07) is 21.9. The van der Waals surface area contributed by atoms with Crippen LogP contribution in [0.3, 0.4) is 0 Å². The monoisotopic (exact) mass is 433 g/mol. The van der Waals surface area contributed by atoms with Gasteiger partial charge in [-0.05, 0) is 34.4 Å². The van der Waals surface area contributed by atoms with Gasteiger partial charge in [-0.15, -0.1) is 0 Å². The fourth-order valence-electron chi connectivity index (χ4n) is 4.23. The van der Waals surface area contributed by atoms with E-state index in [1.54, 1.807) is 20.3 Å². The van der Waals surface area contributed by atoms with Crippen LogP contribution in [0.15, 0.2) is 66.7 Å². The molecule has 4 rings (SSSR count). The van der Waals surface area contributed by atoms with Crippen LogP contribution in [0.2, 0.25) is 0 Å². The number of aliphatic hydroxyl groups excluding tert-OH is 1. The van der Waals surface area contributed by atoms with E-state index in [2.05, 4.69) is 24.3 Å². The van der Waals surface area contributed by atoms with E-state index in [4.69, 9.17) is 14.2 Å². The van der Waals surface area contributed by atoms with Crippen molar-refractivity contribution in [3.05, 3.63) is 83.4 Å². The minimum Gasteiger partial charge on any atom is -0.497 e. The molecule has 0 heterocycles. The third kappa shape index (κ3) is 4.27. The van der Waals surface area contributed by atoms with Gasteiger partial charge >= 0.3 is 6.09 Å². The van der Waals surface area contributed by atoms with Crippen LogP contribution in [0.25, 0.3) is 11.1 Å². The highest BCUT2D eigenvalue weighted by Gasteiger charge is 2.29. The van der Waals surface area contributed by atoms with Crippen molar-refractivity contribution in [2.24, 2.45) is 0 Å². The fraction of sp³-hybridized carbons (Fsp3) is 0.269. The second kappa shape index (κ2) is 9.75. The highest BCUT2D eigenvalue weighted by molar-refractivity contribution is 5.79. The average molecular weight is 434 g/mol. The molecule has 6 nitrogen and oxygen atoms in total. The van der Waals surface area contributed by atoms with Crippen LogP contribution in [0.4, 0.5) is 4.79 Å². The van der Waals surface area contributed by atoms with Crippen molar-refractivity contribution in [2.75, 3.05) is 34.0 Å². The van der Waals surface area contributed by atoms with Crippen molar-refractivity contribution in [1.29, 1.82) is 0 Å². The lowest BCUT2D eigenvalue weighted by atomic mass is 9.98. The fourth-order valence-corrected chi connectivity index (χ4v) is 4.23. The van der Waals surface area contributed by atoms with E-state index in [0.717, 1.165) is 16.7 Å². The third-order valence-corrected chi connectivity index (χ3v) is 5.82. The number of ether oxygens (including phenoxy) is 3. The third-order valence-electron chi connectivity index (χ3n) is 5.82. The first-order valence-electron chi connectivity index (χ1n) is 10.6. The Morgan fingerprint density at radius 1 is 0.938 bits per heavy atom. The highest BCUT2D eigenvalue weighted by Crippen LogP contribution is 2.44. The number of fused-ring (bicyclic) bond motifs is 3. The van der Waals surface area contributed by atoms with Gasteiger partial charge in [0.1, 0.15) is 18.1 Å². The molecule has 0 aromatic heterocycles. The number of carbonyl (C=O) groups excluding carboxylic acids is 1. The quantitative estimate of drug-likeness (QED) is 0.569. The van der Waals surface area contributed by atoms with E-state index in [0.29, 0.717) is 11.5 Å². The number of aliphatic hydroxyl groups is 1. The Balaban J connectivity index is 1.50. The first-order valence-corrected chi connectivity index (χ1v) is 10.6. The summed E-state index contributed by atoms with van der Waals surface area (Å²) in [6.07, 6.45) is -0.473. The van der Waals surface area contributed by atoms with E-state index in [-0.39, 0.29) is 32.2 Å². The average Bonchev–Trinajstić information content (AvgIpc) is 3.16. The van der Waals surface area contributed by atoms with Gasteiger partial charge in [-0.25, -0.2) is 4.79 Å². The van der Waals surface area contributed by atoms with Gasteiger partial charge in [-0.1, -0.05) is 48.5 Å². The first-order chi connectivity index (χ1) is 15.7. The Morgan fingerprint density at radius 2 is 1.59 bits per heavy atom. The van der Waals surface area contributed by atoms with Crippen LogP contribution in [0, 0.1) is 0 Å². The molecular weight excluding hydrogens is 406 g/mol. The maximum atomic E-state index is 13.0. The SMILES string of the molecule is COc1ccc(CN(CCO)C(=O)OCC2c3ccccc3-c3ccccc32)c(OC)c1. The van der Waals surface area contributed by atoms with Gasteiger partial charge < -0.3 is 24.2 Å². The standard InChI is InChI=1S/C26H27NO5/c1-30-19-12-11-18(25(15-19)31-2)16-27(13-14-28)26(29)32-17-24-22-9-5-3-7-20(22)21-8-4-6-10-23(21)24/h3-12,15,24,28H,13-14,16-17H2,1-2H3. The number of methoxy groups -OCH3 is 2. The molecule has 0 saturated heterocycles. The number of carbonyl (C=O) groups is 1. The molecule has 0 spiro atoms. The zero-order valence-corrected chi connectivity index (χ0v) is 18.3. The molecule has 1 amide bonds. The molecule has 6 heteroatoms. The maximum absolute atomic E-state index is 13.0. The molecule has 32 heavy (non-hydrogen) atoms. The molecule has 0 atom stereocenters. The van der Waals surface area contributed by atoms with Crippen LogP contribution < -0.4 is 9.47 Å². The molecule has 3 aromatic rings. The second-order valence-corrected chi connectivity index (χ2v) is 7.63. The van der Waals surface area contributed by atoms with E-state index >= 15 is 0 Å². The van der Waals surface area contributed by atoms with Crippen LogP contribution in [0.5, 0.6) is 11.5 Å². The minimum atomic E-state index is -0.473. The summed E-state index contributed by atoms with van der Waals surface area (Å²) in [5.41, 5.74) is 5.48. The number of amides is 1. The van der Waals surface area contributed by atoms with Crippen molar-refractivity contribution in [3.8, 4) is 22.6 Å². The molecule has 0 bridgehead atoms. The molecular formula is C26H27NO5. The summed E-state index contributed by atoms with van der Waals surface area (Å²) in [7, 11) is 3.16. The topological polar surface area (TPSA) is 68.2 Å². The lowest BCUT2D eigenvalue weighted by molar-refractivity contribution is 0.0889. The Labute approximate surface area is 188 Å². The normalized spacial score (nSPS) is 12.1. The summed E-state index contributed by atoms with van der Waals surface area (Å²) in [6.45, 7) is 0.480. The lowest BCUT2D eigenvalue weighted by Gasteiger charge is -2.24. The Morgan fingerprint density at radius 3 is 2.19 bits per heavy atom. The summed E-state index contributed by atoms with van der Waals surface area (Å²) >= 11 is 0. The van der Waals surface area contributed by atoms with E-state index in [1.807, 2.05) is 36.4 Å². The Kier molecular flexibility index (Phi) is 6.61. The predicted molar refractivity (Wildman–Crippen MR) is 122 cm³/mol. The molecule has 0 radical (unpaired) electrons. The van der Waals surface area contributed by atoms with Crippen molar-refractivity contribution < 1.29 is 24.1 Å². The molecule has 1 N–H and O–H groups in total. The van der Waals surface area contributed by atoms with Gasteiger partial charge in [-0.2, -0.15) is 0 Å². The maximum Gasteiger partial charge on any atom is 0.410 e. The van der Waals surface area contributed by atoms with Crippen molar-refractivity contribution in [3.63, 3.8) is 0 Å². The molecule has 1 aliphatic rings. The van der Waals surface area contributed by atoms with Crippen molar-refractivity contribution in [1.82, 2.24) is 4.90 Å². The summed E-state index contributed by atoms with van der Waals surface area (Å²) < 4.78 is 16.4. The van der Waals surface area contributed by atoms with E-state index in [1.165, 1.54) is 16.0 Å². The summed E-state index contributed by atoms with van der Waals surface area (Å²) in [5, 5.41) is 9.51. The van der Waals surface area contributed by atoms with E-state index < -0.39 is 6.09 Å². The number of hydrogen-bond acceptors (Lipinski definition) is 5. The summed E-state index contributed by atoms with van der Waals surface area (Å²) in [5.74, 6) is 1.26. The Bertz CT molecular complexity index is 1050. The molecule has 1 aliphatic carbocycles. The molecule has 0 unspecified atom stereocenters. The van der Waals surface area contributed by atoms with Gasteiger partial charge in [0.2, 0.25) is 0 Å². The van der Waals surface area contributed by atoms with Gasteiger partial charge in [0.25, 0.3) is 0 Å². The van der Waals surface area contributed by atoms with Gasteiger partial charge in [-0.3, -0.25) is 0 Å². The van der Waals surface area contributed by atoms with Crippen molar-refractivity contribution in [2.45, 2.75) is 12.5 Å². The number of hydrogen-bond donors (Lipinski definition) is 1. The van der Waals surface area contributed by atoms with Crippen LogP contribution in [0.1, 0.15) is 22.6 Å². The number of rotatable bonds is 8. The minimum absolute atomic E-state index is 0.0159. The molecule has 3 aromatic carbocycles. The van der Waals surface area contributed by atoms with Crippen LogP contribution in [-0.4, -0.2) is 50.1 Å². The Hall–Kier alpha value is -3.51. The molecule has 166 valence electrons. The molecule has 0 saturated carbocycles. The zero-order chi connectivity index (χ0) is 22.5. The van der Waals surface area contributed by atoms with E-state index in [9.17, 15) is 9.90 Å². The highest BCUT2D eigenvalue weighted by atomic mass is 16.6. The van der Waals surface area contributed by atoms with Gasteiger partial charge in [0, 0.05) is 24.1 Å². The number of benzene rings is 3. The molecule has 0 aliphatic heterocycles. The smallest absolute Gasteiger partial charge is 0.410 e. The zero-order valence-electron chi connectivity index (χ0n) is 18.3. The second-order valence-electron chi connectivity index (χ2n) is 7.63. The number of nitrogens with zero attached hydrogens (tertiary/aromatic N) is 1. The first kappa shape index (κ1) is 21.7. The van der Waals surface area contributed by atoms with Gasteiger partial charge in [0.15, 0.2) is 0 Å². The largest absolute Gasteiger partial charge is 0.497 e. The van der Waals surface area contributed by atoms with Gasteiger partial charge in [0.05, 0.1) is 27.4 Å². The van der Waals surface area contributed by atoms with Crippen molar-refractivity contribution >= 4 is 6.09 Å². The summed E-state index contributed by atoms with van der Waals surface area (Å²) in [4.78, 5) is 14.5.